The Kier molecular flexibility index (Phi) is 5.88. The lowest BCUT2D eigenvalue weighted by molar-refractivity contribution is -0.117. The highest BCUT2D eigenvalue weighted by Crippen LogP contribution is 2.29. The van der Waals surface area contributed by atoms with Gasteiger partial charge in [-0.3, -0.25) is 14.9 Å². The first-order chi connectivity index (χ1) is 16.6. The zero-order valence-electron chi connectivity index (χ0n) is 18.3. The van der Waals surface area contributed by atoms with Crippen molar-refractivity contribution in [3.8, 4) is 11.3 Å². The number of hydrogen-bond donors (Lipinski definition) is 2. The SMILES string of the molecule is CC(=O)Nc1ccc(-c2csc3nc(NC(=O)C(c4ccccc4)c4ccccc4)nn23)cc1. The number of benzene rings is 3. The number of nitrogens with one attached hydrogen (secondary N) is 2. The summed E-state index contributed by atoms with van der Waals surface area (Å²) in [6, 6.07) is 26.8. The smallest absolute Gasteiger partial charge is 0.250 e. The predicted molar refractivity (Wildman–Crippen MR) is 134 cm³/mol. The van der Waals surface area contributed by atoms with Crippen molar-refractivity contribution in [1.82, 2.24) is 14.6 Å². The fourth-order valence-corrected chi connectivity index (χ4v) is 4.66. The first kappa shape index (κ1) is 21.5. The summed E-state index contributed by atoms with van der Waals surface area (Å²) in [6.45, 7) is 1.47. The van der Waals surface area contributed by atoms with E-state index in [1.165, 1.54) is 18.3 Å². The summed E-state index contributed by atoms with van der Waals surface area (Å²) >= 11 is 1.44. The Balaban J connectivity index is 1.42. The maximum atomic E-state index is 13.4. The molecule has 7 nitrogen and oxygen atoms in total. The quantitative estimate of drug-likeness (QED) is 0.360. The zero-order chi connectivity index (χ0) is 23.5. The number of thiazole rings is 1. The molecule has 5 aromatic rings. The Morgan fingerprint density at radius 3 is 2.06 bits per heavy atom. The van der Waals surface area contributed by atoms with Crippen LogP contribution >= 0.6 is 11.3 Å². The molecular formula is C26H21N5O2S. The maximum absolute atomic E-state index is 13.4. The molecule has 0 aliphatic rings. The van der Waals surface area contributed by atoms with Gasteiger partial charge in [0.15, 0.2) is 0 Å². The molecule has 2 amide bonds. The van der Waals surface area contributed by atoms with Crippen molar-refractivity contribution in [2.75, 3.05) is 10.6 Å². The summed E-state index contributed by atoms with van der Waals surface area (Å²) in [7, 11) is 0. The summed E-state index contributed by atoms with van der Waals surface area (Å²) in [6.07, 6.45) is 0. The molecule has 0 aliphatic heterocycles. The standard InChI is InChI=1S/C26H21N5O2S/c1-17(32)27-21-14-12-18(13-15-21)22-16-34-26-29-25(30-31(22)26)28-24(33)23(19-8-4-2-5-9-19)20-10-6-3-7-11-20/h2-16,23H,1H3,(H,27,32)(H,28,30,33). The van der Waals surface area contributed by atoms with Crippen LogP contribution in [0.1, 0.15) is 24.0 Å². The van der Waals surface area contributed by atoms with E-state index in [0.717, 1.165) is 28.1 Å². The molecule has 2 N–H and O–H groups in total. The van der Waals surface area contributed by atoms with Gasteiger partial charge in [-0.2, -0.15) is 4.98 Å². The zero-order valence-corrected chi connectivity index (χ0v) is 19.1. The van der Waals surface area contributed by atoms with E-state index in [1.54, 1.807) is 4.52 Å². The molecule has 168 valence electrons. The molecule has 2 aromatic heterocycles. The van der Waals surface area contributed by atoms with Gasteiger partial charge in [-0.1, -0.05) is 72.8 Å². The molecule has 0 saturated heterocycles. The van der Waals surface area contributed by atoms with Gasteiger partial charge in [0.1, 0.15) is 0 Å². The predicted octanol–water partition coefficient (Wildman–Crippen LogP) is 5.19. The van der Waals surface area contributed by atoms with Crippen LogP contribution in [0.15, 0.2) is 90.3 Å². The second-order valence-corrected chi connectivity index (χ2v) is 8.59. The molecule has 5 rings (SSSR count). The van der Waals surface area contributed by atoms with Crippen LogP contribution in [-0.2, 0) is 9.59 Å². The fraction of sp³-hybridized carbons (Fsp3) is 0.0769. The Morgan fingerprint density at radius 2 is 1.47 bits per heavy atom. The molecule has 0 saturated carbocycles. The van der Waals surface area contributed by atoms with E-state index in [4.69, 9.17) is 0 Å². The lowest BCUT2D eigenvalue weighted by atomic mass is 9.90. The molecule has 0 atom stereocenters. The van der Waals surface area contributed by atoms with Crippen LogP contribution in [0.5, 0.6) is 0 Å². The Labute approximate surface area is 200 Å². The third-order valence-electron chi connectivity index (χ3n) is 5.35. The number of fused-ring (bicyclic) bond motifs is 1. The fourth-order valence-electron chi connectivity index (χ4n) is 3.83. The van der Waals surface area contributed by atoms with Crippen LogP contribution in [-0.4, -0.2) is 26.4 Å². The van der Waals surface area contributed by atoms with E-state index in [2.05, 4.69) is 20.7 Å². The first-order valence-electron chi connectivity index (χ1n) is 10.7. The molecule has 0 bridgehead atoms. The summed E-state index contributed by atoms with van der Waals surface area (Å²) in [5.41, 5.74) is 4.29. The van der Waals surface area contributed by atoms with E-state index >= 15 is 0 Å². The Bertz CT molecular complexity index is 1400. The topological polar surface area (TPSA) is 88.4 Å². The van der Waals surface area contributed by atoms with E-state index in [-0.39, 0.29) is 17.8 Å². The first-order valence-corrected chi connectivity index (χ1v) is 11.6. The van der Waals surface area contributed by atoms with Crippen LogP contribution in [0.4, 0.5) is 11.6 Å². The van der Waals surface area contributed by atoms with E-state index in [0.29, 0.717) is 4.96 Å². The lowest BCUT2D eigenvalue weighted by Crippen LogP contribution is -2.22. The normalized spacial score (nSPS) is 11.0. The maximum Gasteiger partial charge on any atom is 0.250 e. The Hall–Kier alpha value is -4.30. The van der Waals surface area contributed by atoms with E-state index in [9.17, 15) is 9.59 Å². The highest BCUT2D eigenvalue weighted by molar-refractivity contribution is 7.15. The van der Waals surface area contributed by atoms with Crippen molar-refractivity contribution < 1.29 is 9.59 Å². The van der Waals surface area contributed by atoms with Gasteiger partial charge in [0.2, 0.25) is 22.7 Å². The van der Waals surface area contributed by atoms with E-state index < -0.39 is 5.92 Å². The molecule has 0 aliphatic carbocycles. The van der Waals surface area contributed by atoms with Crippen LogP contribution in [0, 0.1) is 0 Å². The lowest BCUT2D eigenvalue weighted by Gasteiger charge is -2.16. The number of amides is 2. The van der Waals surface area contributed by atoms with Gasteiger partial charge in [-0.05, 0) is 23.3 Å². The number of nitrogens with zero attached hydrogens (tertiary/aromatic N) is 3. The minimum Gasteiger partial charge on any atom is -0.326 e. The van der Waals surface area contributed by atoms with Crippen LogP contribution < -0.4 is 10.6 Å². The highest BCUT2D eigenvalue weighted by Gasteiger charge is 2.24. The molecule has 0 unspecified atom stereocenters. The minimum absolute atomic E-state index is 0.119. The molecular weight excluding hydrogens is 446 g/mol. The van der Waals surface area contributed by atoms with Gasteiger partial charge in [0, 0.05) is 23.6 Å². The van der Waals surface area contributed by atoms with Gasteiger partial charge in [0.05, 0.1) is 11.6 Å². The van der Waals surface area contributed by atoms with Gasteiger partial charge >= 0.3 is 0 Å². The van der Waals surface area contributed by atoms with Crippen molar-refractivity contribution in [1.29, 1.82) is 0 Å². The molecule has 2 heterocycles. The van der Waals surface area contributed by atoms with Gasteiger partial charge in [-0.15, -0.1) is 16.4 Å². The molecule has 0 spiro atoms. The summed E-state index contributed by atoms with van der Waals surface area (Å²) in [4.78, 5) is 29.8. The van der Waals surface area contributed by atoms with Gasteiger partial charge in [0.25, 0.3) is 0 Å². The summed E-state index contributed by atoms with van der Waals surface area (Å²) < 4.78 is 1.72. The summed E-state index contributed by atoms with van der Waals surface area (Å²) in [5, 5.41) is 12.2. The second-order valence-electron chi connectivity index (χ2n) is 7.75. The molecule has 0 fully saturated rings. The van der Waals surface area contributed by atoms with Crippen molar-refractivity contribution in [3.63, 3.8) is 0 Å². The van der Waals surface area contributed by atoms with Crippen molar-refractivity contribution in [3.05, 3.63) is 101 Å². The van der Waals surface area contributed by atoms with Crippen molar-refractivity contribution in [2.45, 2.75) is 12.8 Å². The van der Waals surface area contributed by atoms with Crippen molar-refractivity contribution in [2.24, 2.45) is 0 Å². The number of aromatic nitrogens is 3. The highest BCUT2D eigenvalue weighted by atomic mass is 32.1. The number of anilines is 2. The average Bonchev–Trinajstić information content (AvgIpc) is 3.41. The molecule has 8 heteroatoms. The van der Waals surface area contributed by atoms with E-state index in [1.807, 2.05) is 90.3 Å². The van der Waals surface area contributed by atoms with Crippen molar-refractivity contribution >= 4 is 39.7 Å². The summed E-state index contributed by atoms with van der Waals surface area (Å²) in [5.74, 6) is -0.543. The third kappa shape index (κ3) is 4.44. The molecule has 0 radical (unpaired) electrons. The number of rotatable bonds is 6. The third-order valence-corrected chi connectivity index (χ3v) is 6.16. The van der Waals surface area contributed by atoms with Crippen LogP contribution in [0.25, 0.3) is 16.2 Å². The molecule has 3 aromatic carbocycles. The average molecular weight is 468 g/mol. The number of carbonyl (C=O) groups excluding carboxylic acids is 2. The second kappa shape index (κ2) is 9.29. The largest absolute Gasteiger partial charge is 0.326 e. The minimum atomic E-state index is -0.482. The van der Waals surface area contributed by atoms with Crippen LogP contribution in [0.2, 0.25) is 0 Å². The molecule has 34 heavy (non-hydrogen) atoms. The van der Waals surface area contributed by atoms with Gasteiger partial charge in [-0.25, -0.2) is 4.52 Å². The number of hydrogen-bond acceptors (Lipinski definition) is 5. The Morgan fingerprint density at radius 1 is 0.853 bits per heavy atom. The monoisotopic (exact) mass is 467 g/mol. The van der Waals surface area contributed by atoms with Crippen LogP contribution in [0.3, 0.4) is 0 Å². The number of carbonyl (C=O) groups is 2. The van der Waals surface area contributed by atoms with Gasteiger partial charge < -0.3 is 5.32 Å².